The van der Waals surface area contributed by atoms with Crippen LogP contribution in [-0.2, 0) is 19.2 Å². The van der Waals surface area contributed by atoms with Crippen LogP contribution in [0.1, 0.15) is 18.3 Å². The summed E-state index contributed by atoms with van der Waals surface area (Å²) in [6.07, 6.45) is 5.25. The lowest BCUT2D eigenvalue weighted by Gasteiger charge is -2.53. The van der Waals surface area contributed by atoms with Crippen molar-refractivity contribution in [2.45, 2.75) is 18.3 Å². The molecular weight excluding hydrogens is 526 g/mol. The smallest absolute Gasteiger partial charge is 0.313 e. The van der Waals surface area contributed by atoms with Gasteiger partial charge in [0, 0.05) is 42.0 Å². The van der Waals surface area contributed by atoms with Gasteiger partial charge in [-0.25, -0.2) is 0 Å². The molecule has 4 rings (SSSR count). The molecule has 12 nitrogen and oxygen atoms in total. The van der Waals surface area contributed by atoms with Crippen LogP contribution < -0.4 is 11.1 Å². The summed E-state index contributed by atoms with van der Waals surface area (Å²) < 4.78 is 3.99. The molecule has 4 N–H and O–H groups in total. The molecule has 0 bridgehead atoms. The van der Waals surface area contributed by atoms with Gasteiger partial charge in [-0.15, -0.1) is 23.5 Å². The third-order valence-corrected chi connectivity index (χ3v) is 8.62. The van der Waals surface area contributed by atoms with E-state index in [9.17, 15) is 19.5 Å². The highest BCUT2D eigenvalue weighted by atomic mass is 32.2. The first kappa shape index (κ1) is 25.9. The minimum Gasteiger partial charge on any atom is -0.481 e. The van der Waals surface area contributed by atoms with Crippen molar-refractivity contribution in [2.75, 3.05) is 30.4 Å². The Hall–Kier alpha value is -3.17. The predicted octanol–water partition coefficient (Wildman–Crippen LogP) is 1.13. The van der Waals surface area contributed by atoms with Crippen molar-refractivity contribution >= 4 is 69.8 Å². The van der Waals surface area contributed by atoms with E-state index in [4.69, 9.17) is 10.6 Å². The molecule has 2 aromatic heterocycles. The molecule has 2 aliphatic rings. The molecule has 36 heavy (non-hydrogen) atoms. The van der Waals surface area contributed by atoms with Crippen LogP contribution >= 0.6 is 35.1 Å². The van der Waals surface area contributed by atoms with Crippen LogP contribution in [0.5, 0.6) is 0 Å². The number of rotatable bonds is 10. The van der Waals surface area contributed by atoms with E-state index < -0.39 is 23.3 Å². The van der Waals surface area contributed by atoms with E-state index >= 15 is 0 Å². The standard InChI is InChI=1S/C21H23N7O5S3/c1-2-33-26-13(15-25-20(22)36-27-15)16(29)24-14-17(30)28-9-21(19(31)32,11-35-18(14)28)10-34-7-5-12-4-3-6-23-8-12/h3-8,14,18H,2,9-11H2,1H3,(H,24,29)(H,31,32)(H2,22,25,27)/t14?,18-,21?/m1/s1. The molecule has 0 aliphatic carbocycles. The van der Waals surface area contributed by atoms with E-state index in [0.29, 0.717) is 11.5 Å². The first-order chi connectivity index (χ1) is 17.3. The summed E-state index contributed by atoms with van der Waals surface area (Å²) in [4.78, 5) is 52.5. The molecule has 2 aliphatic heterocycles. The number of carboxylic acids is 1. The number of nitrogen functional groups attached to an aromatic ring is 1. The summed E-state index contributed by atoms with van der Waals surface area (Å²) in [6.45, 7) is 1.98. The van der Waals surface area contributed by atoms with Crippen LogP contribution in [0.3, 0.4) is 0 Å². The number of thioether (sulfide) groups is 2. The highest BCUT2D eigenvalue weighted by Gasteiger charge is 2.57. The number of aromatic nitrogens is 3. The second-order valence-corrected chi connectivity index (χ2v) is 10.7. The fourth-order valence-corrected chi connectivity index (χ4v) is 6.66. The zero-order chi connectivity index (χ0) is 25.7. The zero-order valence-corrected chi connectivity index (χ0v) is 21.5. The minimum atomic E-state index is -1.11. The van der Waals surface area contributed by atoms with Gasteiger partial charge in [0.15, 0.2) is 5.13 Å². The Kier molecular flexibility index (Phi) is 8.11. The summed E-state index contributed by atoms with van der Waals surface area (Å²) in [6, 6.07) is 2.89. The Bertz CT molecular complexity index is 1190. The van der Waals surface area contributed by atoms with Gasteiger partial charge in [-0.2, -0.15) is 9.36 Å². The Balaban J connectivity index is 1.39. The average molecular weight is 550 g/mol. The maximum absolute atomic E-state index is 12.9. The molecule has 190 valence electrons. The quantitative estimate of drug-likeness (QED) is 0.220. The second-order valence-electron chi connectivity index (χ2n) is 7.92. The van der Waals surface area contributed by atoms with Crippen molar-refractivity contribution in [3.8, 4) is 0 Å². The van der Waals surface area contributed by atoms with Crippen molar-refractivity contribution in [3.05, 3.63) is 41.3 Å². The molecule has 15 heteroatoms. The molecule has 2 aromatic rings. The first-order valence-electron chi connectivity index (χ1n) is 10.8. The van der Waals surface area contributed by atoms with Crippen molar-refractivity contribution < 1.29 is 24.3 Å². The largest absolute Gasteiger partial charge is 0.481 e. The minimum absolute atomic E-state index is 0.00429. The Morgan fingerprint density at radius 3 is 3.00 bits per heavy atom. The van der Waals surface area contributed by atoms with Gasteiger partial charge in [-0.05, 0) is 30.0 Å². The lowest BCUT2D eigenvalue weighted by atomic mass is 9.89. The van der Waals surface area contributed by atoms with Gasteiger partial charge in [0.1, 0.15) is 23.4 Å². The number of pyridine rings is 1. The molecule has 3 atom stereocenters. The Labute approximate surface area is 218 Å². The molecule has 0 aromatic carbocycles. The van der Waals surface area contributed by atoms with Crippen LogP contribution in [0.15, 0.2) is 35.1 Å². The number of oxime groups is 1. The second kappa shape index (κ2) is 11.3. The van der Waals surface area contributed by atoms with Crippen molar-refractivity contribution in [3.63, 3.8) is 0 Å². The number of carbonyl (C=O) groups is 3. The van der Waals surface area contributed by atoms with E-state index in [1.165, 1.54) is 28.4 Å². The SMILES string of the molecule is CCON=C(C(=O)NC1C(=O)N2CC(CSC=Cc3cccnc3)(C(=O)O)CS[C@H]12)c1nsc(N)n1. The van der Waals surface area contributed by atoms with E-state index in [1.54, 1.807) is 19.3 Å². The molecule has 4 heterocycles. The molecule has 0 saturated carbocycles. The highest BCUT2D eigenvalue weighted by Crippen LogP contribution is 2.43. The number of β-lactam (4-membered cyclic amide) rings is 1. The normalized spacial score (nSPS) is 23.8. The van der Waals surface area contributed by atoms with Gasteiger partial charge in [-0.3, -0.25) is 19.4 Å². The fourth-order valence-electron chi connectivity index (χ4n) is 3.57. The molecule has 0 spiro atoms. The van der Waals surface area contributed by atoms with Gasteiger partial charge in [0.25, 0.3) is 5.91 Å². The van der Waals surface area contributed by atoms with Crippen LogP contribution in [0, 0.1) is 5.41 Å². The van der Waals surface area contributed by atoms with E-state index in [2.05, 4.69) is 24.8 Å². The number of amides is 2. The number of hydrogen-bond donors (Lipinski definition) is 3. The molecule has 2 amide bonds. The van der Waals surface area contributed by atoms with Gasteiger partial charge in [-0.1, -0.05) is 11.2 Å². The third kappa shape index (κ3) is 5.47. The summed E-state index contributed by atoms with van der Waals surface area (Å²) in [5, 5.41) is 18.0. The Morgan fingerprint density at radius 1 is 1.50 bits per heavy atom. The topological polar surface area (TPSA) is 173 Å². The third-order valence-electron chi connectivity index (χ3n) is 5.44. The number of hydrogen-bond acceptors (Lipinski definition) is 12. The van der Waals surface area contributed by atoms with Crippen LogP contribution in [0.2, 0.25) is 0 Å². The first-order valence-corrected chi connectivity index (χ1v) is 13.7. The number of fused-ring (bicyclic) bond motifs is 1. The maximum atomic E-state index is 12.9. The Morgan fingerprint density at radius 2 is 2.33 bits per heavy atom. The number of nitrogens with zero attached hydrogens (tertiary/aromatic N) is 5. The van der Waals surface area contributed by atoms with E-state index in [1.807, 2.05) is 23.6 Å². The maximum Gasteiger partial charge on any atom is 0.313 e. The molecule has 2 saturated heterocycles. The molecule has 0 radical (unpaired) electrons. The number of anilines is 1. The number of aliphatic carboxylic acids is 1. The van der Waals surface area contributed by atoms with Gasteiger partial charge in [0.05, 0.1) is 0 Å². The molecular formula is C21H23N7O5S3. The number of carboxylic acid groups (broad SMARTS) is 1. The molecule has 2 fully saturated rings. The lowest BCUT2D eigenvalue weighted by Crippen LogP contribution is -2.74. The highest BCUT2D eigenvalue weighted by molar-refractivity contribution is 8.02. The summed E-state index contributed by atoms with van der Waals surface area (Å²) in [5.74, 6) is -1.41. The summed E-state index contributed by atoms with van der Waals surface area (Å²) >= 11 is 3.60. The van der Waals surface area contributed by atoms with Crippen molar-refractivity contribution in [1.29, 1.82) is 0 Å². The predicted molar refractivity (Wildman–Crippen MR) is 138 cm³/mol. The van der Waals surface area contributed by atoms with E-state index in [-0.39, 0.29) is 41.1 Å². The summed E-state index contributed by atoms with van der Waals surface area (Å²) in [5.41, 5.74) is 5.22. The van der Waals surface area contributed by atoms with Crippen LogP contribution in [0.4, 0.5) is 5.13 Å². The van der Waals surface area contributed by atoms with Gasteiger partial charge >= 0.3 is 5.97 Å². The van der Waals surface area contributed by atoms with Crippen LogP contribution in [-0.4, -0.2) is 83.9 Å². The average Bonchev–Trinajstić information content (AvgIpc) is 3.31. The number of nitrogens with two attached hydrogens (primary N) is 1. The van der Waals surface area contributed by atoms with Gasteiger partial charge in [0.2, 0.25) is 17.4 Å². The van der Waals surface area contributed by atoms with Crippen molar-refractivity contribution in [1.82, 2.24) is 24.6 Å². The van der Waals surface area contributed by atoms with Gasteiger partial charge < -0.3 is 25.9 Å². The monoisotopic (exact) mass is 549 g/mol. The lowest BCUT2D eigenvalue weighted by molar-refractivity contribution is -0.157. The summed E-state index contributed by atoms with van der Waals surface area (Å²) in [7, 11) is 0. The van der Waals surface area contributed by atoms with E-state index in [0.717, 1.165) is 17.1 Å². The van der Waals surface area contributed by atoms with Crippen molar-refractivity contribution in [2.24, 2.45) is 10.6 Å². The fraction of sp³-hybridized carbons (Fsp3) is 0.381. The van der Waals surface area contributed by atoms with Crippen LogP contribution in [0.25, 0.3) is 6.08 Å². The molecule has 2 unspecified atom stereocenters. The number of nitrogens with one attached hydrogen (secondary N) is 1. The zero-order valence-electron chi connectivity index (χ0n) is 19.1. The number of carbonyl (C=O) groups excluding carboxylic acids is 2.